The molecular formula is C40H44ClN3O5. The van der Waals surface area contributed by atoms with Gasteiger partial charge in [-0.25, -0.2) is 0 Å². The molecule has 0 radical (unpaired) electrons. The highest BCUT2D eigenvalue weighted by atomic mass is 35.5. The van der Waals surface area contributed by atoms with Crippen molar-refractivity contribution in [3.63, 3.8) is 0 Å². The standard InChI is InChI=1S/C40H44ClN3O5/c1-40(2,3)29-13-16-35-32(23-29)34(45)24-36(49-35)38(47)42-33(22-26-11-14-30(41)15-12-26)39(48)43-20-17-27(18-21-43)31-9-5-4-8-28(31)25-44-19-7-6-10-37(44)46/h4-5,8-9,11-16,23-24,27,33H,6-7,10,17-22,25H2,1-3H3,(H,42,47)/t33-/m0/s1. The van der Waals surface area contributed by atoms with Gasteiger partial charge in [0, 0.05) is 50.1 Å². The van der Waals surface area contributed by atoms with E-state index in [-0.39, 0.29) is 40.8 Å². The van der Waals surface area contributed by atoms with Crippen LogP contribution in [0.5, 0.6) is 0 Å². The van der Waals surface area contributed by atoms with Crippen molar-refractivity contribution in [1.29, 1.82) is 0 Å². The summed E-state index contributed by atoms with van der Waals surface area (Å²) in [5, 5.41) is 3.88. The molecular weight excluding hydrogens is 638 g/mol. The monoisotopic (exact) mass is 681 g/mol. The molecule has 3 aromatic carbocycles. The van der Waals surface area contributed by atoms with E-state index in [1.807, 2.05) is 46.2 Å². The van der Waals surface area contributed by atoms with Gasteiger partial charge < -0.3 is 19.5 Å². The van der Waals surface area contributed by atoms with Gasteiger partial charge in [-0.3, -0.25) is 19.2 Å². The van der Waals surface area contributed by atoms with E-state index in [2.05, 4.69) is 38.2 Å². The average molecular weight is 682 g/mol. The van der Waals surface area contributed by atoms with Gasteiger partial charge >= 0.3 is 0 Å². The quantitative estimate of drug-likeness (QED) is 0.216. The molecule has 256 valence electrons. The van der Waals surface area contributed by atoms with Crippen LogP contribution in [0.1, 0.15) is 91.6 Å². The van der Waals surface area contributed by atoms with Crippen LogP contribution in [0.2, 0.25) is 5.02 Å². The van der Waals surface area contributed by atoms with Crippen molar-refractivity contribution < 1.29 is 18.8 Å². The Hall–Kier alpha value is -4.43. The maximum Gasteiger partial charge on any atom is 0.287 e. The number of carbonyl (C=O) groups excluding carboxylic acids is 3. The third kappa shape index (κ3) is 8.07. The van der Waals surface area contributed by atoms with Crippen LogP contribution in [0.15, 0.2) is 82.0 Å². The topological polar surface area (TPSA) is 99.9 Å². The van der Waals surface area contributed by atoms with Crippen molar-refractivity contribution in [1.82, 2.24) is 15.1 Å². The molecule has 2 aliphatic heterocycles. The largest absolute Gasteiger partial charge is 0.451 e. The maximum atomic E-state index is 14.1. The van der Waals surface area contributed by atoms with E-state index in [0.717, 1.165) is 43.4 Å². The Bertz CT molecular complexity index is 1900. The number of fused-ring (bicyclic) bond motifs is 1. The Morgan fingerprint density at radius 3 is 2.39 bits per heavy atom. The molecule has 2 fully saturated rings. The fourth-order valence-corrected chi connectivity index (χ4v) is 7.09. The Balaban J connectivity index is 1.18. The fraction of sp³-hybridized carbons (Fsp3) is 0.400. The summed E-state index contributed by atoms with van der Waals surface area (Å²) >= 11 is 6.12. The molecule has 1 atom stereocenters. The van der Waals surface area contributed by atoms with E-state index in [4.69, 9.17) is 16.0 Å². The SMILES string of the molecule is CC(C)(C)c1ccc2oc(C(=O)N[C@@H](Cc3ccc(Cl)cc3)C(=O)N3CCC(c4ccccc4CN4CCCCC4=O)CC3)cc(=O)c2c1. The molecule has 0 spiro atoms. The smallest absolute Gasteiger partial charge is 0.287 e. The number of carbonyl (C=O) groups is 3. The fourth-order valence-electron chi connectivity index (χ4n) is 6.96. The number of hydrogen-bond acceptors (Lipinski definition) is 5. The van der Waals surface area contributed by atoms with E-state index >= 15 is 0 Å². The number of likely N-dealkylation sites (tertiary alicyclic amines) is 2. The highest BCUT2D eigenvalue weighted by Gasteiger charge is 2.32. The summed E-state index contributed by atoms with van der Waals surface area (Å²) in [6.45, 7) is 8.68. The lowest BCUT2D eigenvalue weighted by atomic mass is 9.86. The van der Waals surface area contributed by atoms with Crippen LogP contribution in [0, 0.1) is 0 Å². The highest BCUT2D eigenvalue weighted by molar-refractivity contribution is 6.30. The van der Waals surface area contributed by atoms with Gasteiger partial charge in [0.1, 0.15) is 11.6 Å². The number of nitrogens with one attached hydrogen (secondary N) is 1. The van der Waals surface area contributed by atoms with Gasteiger partial charge in [-0.1, -0.05) is 74.8 Å². The van der Waals surface area contributed by atoms with Gasteiger partial charge in [-0.2, -0.15) is 0 Å². The van der Waals surface area contributed by atoms with Crippen LogP contribution >= 0.6 is 11.6 Å². The van der Waals surface area contributed by atoms with E-state index < -0.39 is 11.9 Å². The summed E-state index contributed by atoms with van der Waals surface area (Å²) in [5.74, 6) is -0.477. The number of amides is 3. The van der Waals surface area contributed by atoms with Crippen LogP contribution in [-0.4, -0.2) is 53.2 Å². The van der Waals surface area contributed by atoms with Crippen molar-refractivity contribution in [2.24, 2.45) is 0 Å². The maximum absolute atomic E-state index is 14.1. The lowest BCUT2D eigenvalue weighted by Gasteiger charge is -2.36. The predicted molar refractivity (Wildman–Crippen MR) is 192 cm³/mol. The first kappa shape index (κ1) is 34.4. The molecule has 0 bridgehead atoms. The van der Waals surface area contributed by atoms with E-state index in [1.54, 1.807) is 18.2 Å². The van der Waals surface area contributed by atoms with Crippen molar-refractivity contribution in [3.8, 4) is 0 Å². The van der Waals surface area contributed by atoms with Crippen LogP contribution in [0.25, 0.3) is 11.0 Å². The summed E-state index contributed by atoms with van der Waals surface area (Å²) in [7, 11) is 0. The Morgan fingerprint density at radius 1 is 0.939 bits per heavy atom. The summed E-state index contributed by atoms with van der Waals surface area (Å²) < 4.78 is 5.92. The molecule has 0 aliphatic carbocycles. The molecule has 1 N–H and O–H groups in total. The van der Waals surface area contributed by atoms with E-state index in [9.17, 15) is 19.2 Å². The average Bonchev–Trinajstić information content (AvgIpc) is 3.09. The van der Waals surface area contributed by atoms with Crippen molar-refractivity contribution in [3.05, 3.63) is 116 Å². The number of benzene rings is 3. The molecule has 49 heavy (non-hydrogen) atoms. The van der Waals surface area contributed by atoms with E-state index in [1.165, 1.54) is 17.2 Å². The summed E-state index contributed by atoms with van der Waals surface area (Å²) in [5.41, 5.74) is 4.08. The number of nitrogens with zero attached hydrogens (tertiary/aromatic N) is 2. The van der Waals surface area contributed by atoms with Gasteiger partial charge in [0.25, 0.3) is 5.91 Å². The lowest BCUT2D eigenvalue weighted by Crippen LogP contribution is -2.51. The Kier molecular flexibility index (Phi) is 10.3. The zero-order valence-corrected chi connectivity index (χ0v) is 29.2. The number of hydrogen-bond donors (Lipinski definition) is 1. The molecule has 2 saturated heterocycles. The van der Waals surface area contributed by atoms with Gasteiger partial charge in [0.05, 0.1) is 5.39 Å². The van der Waals surface area contributed by atoms with Crippen molar-refractivity contribution in [2.45, 2.75) is 83.2 Å². The molecule has 8 nitrogen and oxygen atoms in total. The third-order valence-electron chi connectivity index (χ3n) is 9.86. The first-order valence-corrected chi connectivity index (χ1v) is 17.6. The van der Waals surface area contributed by atoms with Gasteiger partial charge in [0.2, 0.25) is 11.8 Å². The number of piperidine rings is 2. The highest BCUT2D eigenvalue weighted by Crippen LogP contribution is 2.32. The number of rotatable bonds is 8. The first-order chi connectivity index (χ1) is 23.5. The zero-order valence-electron chi connectivity index (χ0n) is 28.5. The molecule has 2 aliphatic rings. The second-order valence-corrected chi connectivity index (χ2v) is 14.8. The molecule has 4 aromatic rings. The van der Waals surface area contributed by atoms with E-state index in [0.29, 0.717) is 42.0 Å². The molecule has 0 saturated carbocycles. The van der Waals surface area contributed by atoms with Crippen LogP contribution in [-0.2, 0) is 28.0 Å². The summed E-state index contributed by atoms with van der Waals surface area (Å²) in [6.07, 6.45) is 4.40. The summed E-state index contributed by atoms with van der Waals surface area (Å²) in [6, 6.07) is 21.3. The van der Waals surface area contributed by atoms with Gasteiger partial charge in [-0.15, -0.1) is 0 Å². The second-order valence-electron chi connectivity index (χ2n) is 14.4. The first-order valence-electron chi connectivity index (χ1n) is 17.2. The Labute approximate surface area is 292 Å². The molecule has 0 unspecified atom stereocenters. The molecule has 3 amide bonds. The lowest BCUT2D eigenvalue weighted by molar-refractivity contribution is -0.135. The number of halogens is 1. The van der Waals surface area contributed by atoms with Gasteiger partial charge in [0.15, 0.2) is 11.2 Å². The minimum atomic E-state index is -0.883. The molecule has 1 aromatic heterocycles. The molecule has 6 rings (SSSR count). The molecule has 9 heteroatoms. The Morgan fingerprint density at radius 2 is 1.67 bits per heavy atom. The van der Waals surface area contributed by atoms with Crippen LogP contribution in [0.3, 0.4) is 0 Å². The normalized spacial score (nSPS) is 16.5. The van der Waals surface area contributed by atoms with Crippen molar-refractivity contribution >= 4 is 40.3 Å². The minimum Gasteiger partial charge on any atom is -0.451 e. The van der Waals surface area contributed by atoms with Gasteiger partial charge in [-0.05, 0) is 83.5 Å². The second kappa shape index (κ2) is 14.6. The van der Waals surface area contributed by atoms with Crippen LogP contribution in [0.4, 0.5) is 0 Å². The zero-order chi connectivity index (χ0) is 34.7. The van der Waals surface area contributed by atoms with Crippen LogP contribution < -0.4 is 10.7 Å². The van der Waals surface area contributed by atoms with Crippen molar-refractivity contribution in [2.75, 3.05) is 19.6 Å². The summed E-state index contributed by atoms with van der Waals surface area (Å²) in [4.78, 5) is 57.1. The third-order valence-corrected chi connectivity index (χ3v) is 10.1. The predicted octanol–water partition coefficient (Wildman–Crippen LogP) is 7.00. The molecule has 3 heterocycles. The minimum absolute atomic E-state index is 0.141.